The van der Waals surface area contributed by atoms with Crippen LogP contribution >= 0.6 is 0 Å². The predicted octanol–water partition coefficient (Wildman–Crippen LogP) is 3.03. The van der Waals surface area contributed by atoms with Crippen molar-refractivity contribution in [2.45, 2.75) is 0 Å². The largest absolute Gasteiger partial charge is 0.469 e. The van der Waals surface area contributed by atoms with Crippen LogP contribution in [-0.4, -0.2) is 22.4 Å². The third kappa shape index (κ3) is 2.86. The van der Waals surface area contributed by atoms with Crippen LogP contribution < -0.4 is 4.74 Å². The minimum Gasteiger partial charge on any atom is -0.469 e. The van der Waals surface area contributed by atoms with E-state index in [1.165, 1.54) is 30.6 Å². The van der Waals surface area contributed by atoms with E-state index < -0.39 is 0 Å². The van der Waals surface area contributed by atoms with Crippen LogP contribution in [0.3, 0.4) is 0 Å². The molecule has 0 spiro atoms. The lowest BCUT2D eigenvalue weighted by Gasteiger charge is -2.07. The van der Waals surface area contributed by atoms with E-state index in [0.29, 0.717) is 11.4 Å². The molecule has 0 amide bonds. The number of fused-ring (bicyclic) bond motifs is 1. The molecule has 0 unspecified atom stereocenters. The third-order valence-corrected chi connectivity index (χ3v) is 3.01. The van der Waals surface area contributed by atoms with Crippen molar-refractivity contribution in [3.05, 3.63) is 66.2 Å². The van der Waals surface area contributed by atoms with E-state index in [4.69, 9.17) is 4.74 Å². The van der Waals surface area contributed by atoms with Gasteiger partial charge >= 0.3 is 0 Å². The summed E-state index contributed by atoms with van der Waals surface area (Å²) in [5.74, 6) is -0.261. The van der Waals surface area contributed by atoms with Crippen LogP contribution in [0, 0.1) is 5.82 Å². The highest BCUT2D eigenvalue weighted by molar-refractivity contribution is 5.97. The fourth-order valence-corrected chi connectivity index (χ4v) is 1.95. The van der Waals surface area contributed by atoms with Crippen LogP contribution in [-0.2, 0) is 0 Å². The van der Waals surface area contributed by atoms with Gasteiger partial charge in [0, 0.05) is 5.56 Å². The summed E-state index contributed by atoms with van der Waals surface area (Å²) in [6.45, 7) is -0.160. The second-order valence-electron chi connectivity index (χ2n) is 4.41. The van der Waals surface area contributed by atoms with Gasteiger partial charge in [-0.2, -0.15) is 0 Å². The number of para-hydroxylation sites is 1. The summed E-state index contributed by atoms with van der Waals surface area (Å²) < 4.78 is 18.3. The number of ether oxygens (including phenoxy) is 1. The molecule has 0 bridgehead atoms. The number of carbonyl (C=O) groups excluding carboxylic acids is 1. The molecule has 0 atom stereocenters. The molecule has 0 N–H and O–H groups in total. The van der Waals surface area contributed by atoms with Crippen molar-refractivity contribution >= 4 is 16.7 Å². The average molecular weight is 282 g/mol. The first-order chi connectivity index (χ1) is 10.2. The molecule has 5 heteroatoms. The summed E-state index contributed by atoms with van der Waals surface area (Å²) in [4.78, 5) is 20.1. The van der Waals surface area contributed by atoms with Gasteiger partial charge in [0.15, 0.2) is 12.4 Å². The van der Waals surface area contributed by atoms with E-state index in [1.54, 1.807) is 0 Å². The highest BCUT2D eigenvalue weighted by Gasteiger charge is 2.09. The molecule has 0 fully saturated rings. The molecule has 1 heterocycles. The molecule has 0 saturated heterocycles. The molecule has 104 valence electrons. The number of halogens is 1. The molecule has 3 aromatic rings. The Morgan fingerprint density at radius 1 is 1.05 bits per heavy atom. The van der Waals surface area contributed by atoms with E-state index in [9.17, 15) is 9.18 Å². The Kier molecular flexibility index (Phi) is 3.55. The Morgan fingerprint density at radius 3 is 2.62 bits per heavy atom. The third-order valence-electron chi connectivity index (χ3n) is 3.01. The Hall–Kier alpha value is -2.82. The maximum Gasteiger partial charge on any atom is 0.224 e. The Morgan fingerprint density at radius 2 is 1.81 bits per heavy atom. The molecule has 0 aliphatic heterocycles. The van der Waals surface area contributed by atoms with Gasteiger partial charge in [0.05, 0.1) is 10.9 Å². The second kappa shape index (κ2) is 5.66. The van der Waals surface area contributed by atoms with Crippen molar-refractivity contribution in [2.75, 3.05) is 6.61 Å². The van der Waals surface area contributed by atoms with Gasteiger partial charge in [-0.15, -0.1) is 0 Å². The maximum atomic E-state index is 12.8. The first-order valence-electron chi connectivity index (χ1n) is 6.35. The zero-order valence-corrected chi connectivity index (χ0v) is 11.0. The van der Waals surface area contributed by atoms with Crippen molar-refractivity contribution in [1.82, 2.24) is 9.97 Å². The SMILES string of the molecule is O=C(COc1ncnc2ccccc12)c1ccc(F)cc1. The van der Waals surface area contributed by atoms with Gasteiger partial charge < -0.3 is 4.74 Å². The van der Waals surface area contributed by atoms with Crippen LogP contribution in [0.4, 0.5) is 4.39 Å². The summed E-state index contributed by atoms with van der Waals surface area (Å²) in [6, 6.07) is 12.7. The molecule has 0 aliphatic carbocycles. The topological polar surface area (TPSA) is 52.1 Å². The number of Topliss-reactive ketones (excluding diaryl/α,β-unsaturated/α-hetero) is 1. The maximum absolute atomic E-state index is 12.8. The number of ketones is 1. The van der Waals surface area contributed by atoms with Gasteiger partial charge in [-0.05, 0) is 36.4 Å². The minimum absolute atomic E-state index is 0.160. The monoisotopic (exact) mass is 282 g/mol. The molecule has 0 saturated carbocycles. The smallest absolute Gasteiger partial charge is 0.224 e. The molecular formula is C16H11FN2O2. The van der Waals surface area contributed by atoms with Gasteiger partial charge in [-0.1, -0.05) is 12.1 Å². The standard InChI is InChI=1S/C16H11FN2O2/c17-12-7-5-11(6-8-12)15(20)9-21-16-13-3-1-2-4-14(13)18-10-19-16/h1-8,10H,9H2. The Bertz CT molecular complexity index is 782. The molecule has 1 aromatic heterocycles. The number of benzene rings is 2. The number of hydrogen-bond donors (Lipinski definition) is 0. The van der Waals surface area contributed by atoms with Gasteiger partial charge in [0.1, 0.15) is 12.1 Å². The summed E-state index contributed by atoms with van der Waals surface area (Å²) >= 11 is 0. The van der Waals surface area contributed by atoms with Gasteiger partial charge in [0.2, 0.25) is 5.88 Å². The van der Waals surface area contributed by atoms with Gasteiger partial charge in [-0.3, -0.25) is 4.79 Å². The van der Waals surface area contributed by atoms with E-state index in [1.807, 2.05) is 24.3 Å². The van der Waals surface area contributed by atoms with Crippen molar-refractivity contribution in [2.24, 2.45) is 0 Å². The summed E-state index contributed by atoms with van der Waals surface area (Å²) in [5, 5.41) is 0.743. The van der Waals surface area contributed by atoms with E-state index in [2.05, 4.69) is 9.97 Å². The van der Waals surface area contributed by atoms with Crippen molar-refractivity contribution in [3.63, 3.8) is 0 Å². The molecule has 0 aliphatic rings. The predicted molar refractivity (Wildman–Crippen MR) is 75.8 cm³/mol. The minimum atomic E-state index is -0.380. The fraction of sp³-hybridized carbons (Fsp3) is 0.0625. The molecule has 3 rings (SSSR count). The number of nitrogens with zero attached hydrogens (tertiary/aromatic N) is 2. The molecule has 2 aromatic carbocycles. The van der Waals surface area contributed by atoms with Crippen molar-refractivity contribution in [3.8, 4) is 5.88 Å². The molecule has 21 heavy (non-hydrogen) atoms. The molecule has 4 nitrogen and oxygen atoms in total. The van der Waals surface area contributed by atoms with E-state index in [0.717, 1.165) is 10.9 Å². The van der Waals surface area contributed by atoms with Crippen LogP contribution in [0.25, 0.3) is 10.9 Å². The number of hydrogen-bond acceptors (Lipinski definition) is 4. The lowest BCUT2D eigenvalue weighted by atomic mass is 10.1. The normalized spacial score (nSPS) is 10.5. The highest BCUT2D eigenvalue weighted by Crippen LogP contribution is 2.20. The van der Waals surface area contributed by atoms with E-state index >= 15 is 0 Å². The zero-order valence-electron chi connectivity index (χ0n) is 11.0. The van der Waals surface area contributed by atoms with Crippen LogP contribution in [0.5, 0.6) is 5.88 Å². The number of rotatable bonds is 4. The summed E-state index contributed by atoms with van der Waals surface area (Å²) in [7, 11) is 0. The number of carbonyl (C=O) groups is 1. The van der Waals surface area contributed by atoms with Crippen molar-refractivity contribution < 1.29 is 13.9 Å². The van der Waals surface area contributed by atoms with Gasteiger partial charge in [-0.25, -0.2) is 14.4 Å². The lowest BCUT2D eigenvalue weighted by Crippen LogP contribution is -2.12. The lowest BCUT2D eigenvalue weighted by molar-refractivity contribution is 0.0919. The Balaban J connectivity index is 1.77. The fourth-order valence-electron chi connectivity index (χ4n) is 1.95. The highest BCUT2D eigenvalue weighted by atomic mass is 19.1. The van der Waals surface area contributed by atoms with Crippen LogP contribution in [0.15, 0.2) is 54.9 Å². The number of aromatic nitrogens is 2. The quantitative estimate of drug-likeness (QED) is 0.690. The zero-order chi connectivity index (χ0) is 14.7. The summed E-state index contributed by atoms with van der Waals surface area (Å²) in [5.41, 5.74) is 1.14. The first-order valence-corrected chi connectivity index (χ1v) is 6.35. The first kappa shape index (κ1) is 13.2. The van der Waals surface area contributed by atoms with Crippen LogP contribution in [0.2, 0.25) is 0 Å². The van der Waals surface area contributed by atoms with Crippen LogP contribution in [0.1, 0.15) is 10.4 Å². The van der Waals surface area contributed by atoms with E-state index in [-0.39, 0.29) is 18.2 Å². The van der Waals surface area contributed by atoms with Crippen molar-refractivity contribution in [1.29, 1.82) is 0 Å². The summed E-state index contributed by atoms with van der Waals surface area (Å²) in [6.07, 6.45) is 1.39. The average Bonchev–Trinajstić information content (AvgIpc) is 2.53. The second-order valence-corrected chi connectivity index (χ2v) is 4.41. The molecule has 0 radical (unpaired) electrons. The Labute approximate surface area is 120 Å². The van der Waals surface area contributed by atoms with Gasteiger partial charge in [0.25, 0.3) is 0 Å². The molecular weight excluding hydrogens is 271 g/mol.